The zero-order chi connectivity index (χ0) is 15.7. The number of rotatable bonds is 3. The number of halogens is 1. The number of hydrogen-bond acceptors (Lipinski definition) is 3. The molecule has 3 rings (SSSR count). The summed E-state index contributed by atoms with van der Waals surface area (Å²) in [4.78, 5) is 26.4. The molecule has 2 aromatic rings. The third kappa shape index (κ3) is 2.60. The molecule has 114 valence electrons. The third-order valence-electron chi connectivity index (χ3n) is 3.76. The minimum absolute atomic E-state index is 0.0139. The highest BCUT2D eigenvalue weighted by Crippen LogP contribution is 2.27. The number of carbonyl (C=O) groups excluding carboxylic acids is 2. The number of anilines is 1. The Labute approximate surface area is 132 Å². The maximum atomic E-state index is 12.6. The summed E-state index contributed by atoms with van der Waals surface area (Å²) < 4.78 is 4.90. The maximum absolute atomic E-state index is 12.6. The van der Waals surface area contributed by atoms with Crippen molar-refractivity contribution in [2.45, 2.75) is 25.4 Å². The Kier molecular flexibility index (Phi) is 3.90. The van der Waals surface area contributed by atoms with Crippen LogP contribution in [0.4, 0.5) is 5.69 Å². The average Bonchev–Trinajstić information content (AvgIpc) is 3.04. The van der Waals surface area contributed by atoms with Crippen LogP contribution in [-0.4, -0.2) is 23.9 Å². The van der Waals surface area contributed by atoms with Crippen molar-refractivity contribution in [2.75, 3.05) is 4.90 Å². The van der Waals surface area contributed by atoms with Crippen molar-refractivity contribution in [3.8, 4) is 0 Å². The first kappa shape index (κ1) is 14.7. The van der Waals surface area contributed by atoms with Crippen molar-refractivity contribution in [1.29, 1.82) is 0 Å². The summed E-state index contributed by atoms with van der Waals surface area (Å²) in [7, 11) is 0. The average molecular weight is 319 g/mol. The smallest absolute Gasteiger partial charge is 0.256 e. The van der Waals surface area contributed by atoms with Crippen molar-refractivity contribution >= 4 is 29.1 Å². The zero-order valence-electron chi connectivity index (χ0n) is 12.0. The molecule has 2 heterocycles. The Hall–Kier alpha value is -2.27. The van der Waals surface area contributed by atoms with Gasteiger partial charge in [-0.05, 0) is 43.1 Å². The Morgan fingerprint density at radius 3 is 2.68 bits per heavy atom. The highest BCUT2D eigenvalue weighted by atomic mass is 35.5. The van der Waals surface area contributed by atoms with Crippen LogP contribution in [0.2, 0.25) is 5.22 Å². The van der Waals surface area contributed by atoms with Crippen LogP contribution in [-0.2, 0) is 4.79 Å². The summed E-state index contributed by atoms with van der Waals surface area (Å²) in [6.07, 6.45) is 1.89. The van der Waals surface area contributed by atoms with Crippen LogP contribution in [0.5, 0.6) is 0 Å². The third-order valence-corrected chi connectivity index (χ3v) is 4.05. The van der Waals surface area contributed by atoms with Crippen molar-refractivity contribution in [1.82, 2.24) is 5.32 Å². The van der Waals surface area contributed by atoms with Gasteiger partial charge in [0.15, 0.2) is 0 Å². The second kappa shape index (κ2) is 5.85. The summed E-state index contributed by atoms with van der Waals surface area (Å²) in [5, 5.41) is 2.75. The Bertz CT molecular complexity index is 698. The topological polar surface area (TPSA) is 62.6 Å². The summed E-state index contributed by atoms with van der Waals surface area (Å²) in [5.74, 6) is -0.522. The Balaban J connectivity index is 1.76. The van der Waals surface area contributed by atoms with Gasteiger partial charge in [-0.2, -0.15) is 0 Å². The molecule has 2 atom stereocenters. The van der Waals surface area contributed by atoms with E-state index in [1.165, 1.54) is 12.3 Å². The van der Waals surface area contributed by atoms with Gasteiger partial charge < -0.3 is 14.6 Å². The lowest BCUT2D eigenvalue weighted by Crippen LogP contribution is -2.41. The first-order chi connectivity index (χ1) is 10.6. The Morgan fingerprint density at radius 1 is 1.32 bits per heavy atom. The first-order valence-electron chi connectivity index (χ1n) is 7.00. The molecule has 1 aliphatic heterocycles. The summed E-state index contributed by atoms with van der Waals surface area (Å²) in [6, 6.07) is 10.4. The quantitative estimate of drug-likeness (QED) is 0.946. The number of nitrogens with one attached hydrogen (secondary N) is 1. The van der Waals surface area contributed by atoms with Gasteiger partial charge in [-0.3, -0.25) is 9.59 Å². The molecule has 5 nitrogen and oxygen atoms in total. The molecule has 1 N–H and O–H groups in total. The lowest BCUT2D eigenvalue weighted by molar-refractivity contribution is -0.118. The summed E-state index contributed by atoms with van der Waals surface area (Å²) in [5.41, 5.74) is 1.07. The van der Waals surface area contributed by atoms with Gasteiger partial charge in [0.2, 0.25) is 11.1 Å². The number of nitrogens with zero attached hydrogens (tertiary/aromatic N) is 1. The predicted molar refractivity (Wildman–Crippen MR) is 83.0 cm³/mol. The van der Waals surface area contributed by atoms with Crippen LogP contribution in [0.3, 0.4) is 0 Å². The van der Waals surface area contributed by atoms with Crippen molar-refractivity contribution in [3.05, 3.63) is 53.4 Å². The van der Waals surface area contributed by atoms with Gasteiger partial charge in [0, 0.05) is 11.7 Å². The molecule has 6 heteroatoms. The molecule has 1 aliphatic rings. The zero-order valence-corrected chi connectivity index (χ0v) is 12.7. The van der Waals surface area contributed by atoms with Crippen LogP contribution in [0.15, 0.2) is 47.1 Å². The van der Waals surface area contributed by atoms with Crippen LogP contribution >= 0.6 is 11.6 Å². The van der Waals surface area contributed by atoms with Crippen LogP contribution in [0.1, 0.15) is 23.7 Å². The minimum Gasteiger partial charge on any atom is -0.452 e. The van der Waals surface area contributed by atoms with E-state index in [1.807, 2.05) is 37.3 Å². The lowest BCUT2D eigenvalue weighted by atomic mass is 10.1. The highest BCUT2D eigenvalue weighted by molar-refractivity contribution is 6.32. The summed E-state index contributed by atoms with van der Waals surface area (Å²) in [6.45, 7) is 1.96. The first-order valence-corrected chi connectivity index (χ1v) is 7.37. The van der Waals surface area contributed by atoms with E-state index in [4.69, 9.17) is 16.0 Å². The largest absolute Gasteiger partial charge is 0.452 e. The fourth-order valence-electron chi connectivity index (χ4n) is 2.72. The predicted octanol–water partition coefficient (Wildman–Crippen LogP) is 2.86. The molecular formula is C16H15ClN2O3. The van der Waals surface area contributed by atoms with Crippen molar-refractivity contribution in [3.63, 3.8) is 0 Å². The molecule has 0 aliphatic carbocycles. The molecule has 1 fully saturated rings. The molecule has 1 saturated heterocycles. The number of carbonyl (C=O) groups is 2. The van der Waals surface area contributed by atoms with Gasteiger partial charge in [-0.15, -0.1) is 0 Å². The van der Waals surface area contributed by atoms with E-state index >= 15 is 0 Å². The molecule has 1 aromatic carbocycles. The summed E-state index contributed by atoms with van der Waals surface area (Å²) >= 11 is 5.79. The second-order valence-corrected chi connectivity index (χ2v) is 5.61. The highest BCUT2D eigenvalue weighted by Gasteiger charge is 2.39. The fraction of sp³-hybridized carbons (Fsp3) is 0.250. The molecule has 0 spiro atoms. The van der Waals surface area contributed by atoms with Crippen molar-refractivity contribution < 1.29 is 14.0 Å². The van der Waals surface area contributed by atoms with E-state index in [1.54, 1.807) is 4.90 Å². The normalized spacial score (nSPS) is 21.2. The van der Waals surface area contributed by atoms with E-state index in [-0.39, 0.29) is 22.7 Å². The van der Waals surface area contributed by atoms with Crippen LogP contribution in [0, 0.1) is 0 Å². The number of amides is 2. The van der Waals surface area contributed by atoms with Crippen LogP contribution in [0.25, 0.3) is 0 Å². The van der Waals surface area contributed by atoms with E-state index in [0.29, 0.717) is 6.42 Å². The maximum Gasteiger partial charge on any atom is 0.256 e. The van der Waals surface area contributed by atoms with E-state index in [0.717, 1.165) is 5.69 Å². The molecule has 0 unspecified atom stereocenters. The lowest BCUT2D eigenvalue weighted by Gasteiger charge is -2.21. The number of hydrogen-bond donors (Lipinski definition) is 1. The van der Waals surface area contributed by atoms with Gasteiger partial charge in [-0.1, -0.05) is 18.2 Å². The molecule has 22 heavy (non-hydrogen) atoms. The van der Waals surface area contributed by atoms with E-state index in [9.17, 15) is 9.59 Å². The van der Waals surface area contributed by atoms with Crippen LogP contribution < -0.4 is 10.2 Å². The Morgan fingerprint density at radius 2 is 2.05 bits per heavy atom. The standard InChI is InChI=1S/C16H15ClN2O3/c1-10-9-13(18-15(20)12-7-8-22-14(12)17)16(21)19(10)11-5-3-2-4-6-11/h2-8,10,13H,9H2,1H3,(H,18,20)/t10-,13+/m1/s1. The fourth-order valence-corrected chi connectivity index (χ4v) is 2.92. The number of benzene rings is 1. The van der Waals surface area contributed by atoms with Gasteiger partial charge in [0.1, 0.15) is 6.04 Å². The number of para-hydroxylation sites is 1. The van der Waals surface area contributed by atoms with E-state index < -0.39 is 11.9 Å². The molecule has 0 radical (unpaired) electrons. The molecule has 2 amide bonds. The molecular weight excluding hydrogens is 304 g/mol. The van der Waals surface area contributed by atoms with Gasteiger partial charge in [0.25, 0.3) is 5.91 Å². The molecule has 0 bridgehead atoms. The van der Waals surface area contributed by atoms with Gasteiger partial charge >= 0.3 is 0 Å². The minimum atomic E-state index is -0.561. The van der Waals surface area contributed by atoms with Gasteiger partial charge in [0.05, 0.1) is 11.8 Å². The molecule has 1 aromatic heterocycles. The second-order valence-electron chi connectivity index (χ2n) is 5.26. The SMILES string of the molecule is C[C@@H]1C[C@H](NC(=O)c2ccoc2Cl)C(=O)N1c1ccccc1. The van der Waals surface area contributed by atoms with Gasteiger partial charge in [-0.25, -0.2) is 0 Å². The van der Waals surface area contributed by atoms with Crippen molar-refractivity contribution in [2.24, 2.45) is 0 Å². The number of furan rings is 1. The molecule has 0 saturated carbocycles. The van der Waals surface area contributed by atoms with E-state index in [2.05, 4.69) is 5.32 Å². The monoisotopic (exact) mass is 318 g/mol.